The van der Waals surface area contributed by atoms with Gasteiger partial charge in [0.2, 0.25) is 0 Å². The molecule has 0 aliphatic heterocycles. The third-order valence-electron chi connectivity index (χ3n) is 2.81. The van der Waals surface area contributed by atoms with Crippen LogP contribution in [-0.2, 0) is 9.84 Å². The molecule has 0 spiro atoms. The van der Waals surface area contributed by atoms with Crippen LogP contribution in [0.3, 0.4) is 0 Å². The normalized spacial score (nSPS) is 18.1. The highest BCUT2D eigenvalue weighted by molar-refractivity contribution is 7.90. The predicted molar refractivity (Wildman–Crippen MR) is 60.8 cm³/mol. The Balaban J connectivity index is 2.38. The molecule has 4 nitrogen and oxygen atoms in total. The maximum atomic E-state index is 11.4. The summed E-state index contributed by atoms with van der Waals surface area (Å²) in [5, 5.41) is 3.10. The molecule has 0 radical (unpaired) electrons. The molecule has 1 aromatic carbocycles. The number of nitrogens with zero attached hydrogens (tertiary/aromatic N) is 1. The van der Waals surface area contributed by atoms with Gasteiger partial charge in [-0.3, -0.25) is 0 Å². The van der Waals surface area contributed by atoms with E-state index in [4.69, 9.17) is 0 Å². The Morgan fingerprint density at radius 1 is 1.38 bits per heavy atom. The zero-order valence-corrected chi connectivity index (χ0v) is 9.78. The van der Waals surface area contributed by atoms with E-state index >= 15 is 0 Å². The minimum Gasteiger partial charge on any atom is -0.224 e. The number of hydrogen-bond acceptors (Lipinski definition) is 4. The van der Waals surface area contributed by atoms with Crippen molar-refractivity contribution in [2.45, 2.75) is 23.8 Å². The molecule has 0 bridgehead atoms. The fourth-order valence-corrected chi connectivity index (χ4v) is 2.44. The van der Waals surface area contributed by atoms with Crippen molar-refractivity contribution in [3.05, 3.63) is 34.7 Å². The molecule has 1 fully saturated rings. The number of rotatable bonds is 4. The largest absolute Gasteiger partial charge is 0.224 e. The highest BCUT2D eigenvalue weighted by atomic mass is 32.2. The molecule has 16 heavy (non-hydrogen) atoms. The van der Waals surface area contributed by atoms with Gasteiger partial charge in [-0.05, 0) is 36.5 Å². The summed E-state index contributed by atoms with van der Waals surface area (Å²) >= 11 is 0. The zero-order valence-electron chi connectivity index (χ0n) is 8.96. The molecule has 1 aliphatic carbocycles. The predicted octanol–water partition coefficient (Wildman–Crippen LogP) is 2.31. The maximum Gasteiger partial charge on any atom is 0.175 e. The molecule has 1 aromatic rings. The van der Waals surface area contributed by atoms with Gasteiger partial charge in [-0.2, -0.15) is 4.91 Å². The number of sulfone groups is 1. The van der Waals surface area contributed by atoms with Crippen molar-refractivity contribution in [2.24, 2.45) is 11.1 Å². The van der Waals surface area contributed by atoms with Crippen LogP contribution in [0, 0.1) is 10.8 Å². The quantitative estimate of drug-likeness (QED) is 0.757. The summed E-state index contributed by atoms with van der Waals surface area (Å²) in [6, 6.07) is 6.13. The smallest absolute Gasteiger partial charge is 0.175 e. The summed E-state index contributed by atoms with van der Waals surface area (Å²) in [5.41, 5.74) is 0.709. The van der Waals surface area contributed by atoms with E-state index in [1.54, 1.807) is 18.2 Å². The Bertz CT molecular complexity index is 506. The molecule has 0 amide bonds. The van der Waals surface area contributed by atoms with Gasteiger partial charge >= 0.3 is 0 Å². The Hall–Kier alpha value is -1.23. The van der Waals surface area contributed by atoms with E-state index in [-0.39, 0.29) is 10.9 Å². The van der Waals surface area contributed by atoms with Gasteiger partial charge in [-0.25, -0.2) is 8.42 Å². The average molecular weight is 239 g/mol. The van der Waals surface area contributed by atoms with Crippen molar-refractivity contribution in [1.82, 2.24) is 0 Å². The van der Waals surface area contributed by atoms with Crippen molar-refractivity contribution in [2.75, 3.05) is 6.26 Å². The number of benzene rings is 1. The van der Waals surface area contributed by atoms with Crippen LogP contribution in [0.1, 0.15) is 24.4 Å². The summed E-state index contributed by atoms with van der Waals surface area (Å²) in [5.74, 6) is 0.298. The second kappa shape index (κ2) is 3.97. The Kier molecular flexibility index (Phi) is 2.80. The summed E-state index contributed by atoms with van der Waals surface area (Å²) in [6.45, 7) is 0. The van der Waals surface area contributed by atoms with Crippen LogP contribution in [0.5, 0.6) is 0 Å². The molecule has 1 aliphatic rings. The maximum absolute atomic E-state index is 11.4. The lowest BCUT2D eigenvalue weighted by atomic mass is 10.0. The average Bonchev–Trinajstić information content (AvgIpc) is 3.02. The van der Waals surface area contributed by atoms with Gasteiger partial charge in [0.15, 0.2) is 9.84 Å². The first-order valence-electron chi connectivity index (χ1n) is 5.15. The summed E-state index contributed by atoms with van der Waals surface area (Å²) in [6.07, 6.45) is 3.16. The third-order valence-corrected chi connectivity index (χ3v) is 3.92. The van der Waals surface area contributed by atoms with E-state index in [9.17, 15) is 13.3 Å². The summed E-state index contributed by atoms with van der Waals surface area (Å²) < 4.78 is 22.7. The van der Waals surface area contributed by atoms with Crippen molar-refractivity contribution in [3.63, 3.8) is 0 Å². The van der Waals surface area contributed by atoms with E-state index in [1.807, 2.05) is 0 Å². The monoisotopic (exact) mass is 239 g/mol. The standard InChI is InChI=1S/C11H13NO3S/c1-16(14,15)10-4-2-3-9(7-10)11(12-13)8-5-6-8/h2-4,7-8,11H,5-6H2,1H3. The lowest BCUT2D eigenvalue weighted by Gasteiger charge is -2.08. The van der Waals surface area contributed by atoms with E-state index in [2.05, 4.69) is 5.18 Å². The van der Waals surface area contributed by atoms with Gasteiger partial charge in [0.05, 0.1) is 4.90 Å². The minimum absolute atomic E-state index is 0.249. The molecule has 0 saturated heterocycles. The first-order valence-corrected chi connectivity index (χ1v) is 7.04. The molecule has 1 saturated carbocycles. The molecule has 1 unspecified atom stereocenters. The van der Waals surface area contributed by atoms with Crippen LogP contribution in [0.2, 0.25) is 0 Å². The van der Waals surface area contributed by atoms with Gasteiger partial charge in [0.1, 0.15) is 6.04 Å². The Labute approximate surface area is 94.6 Å². The lowest BCUT2D eigenvalue weighted by molar-refractivity contribution is 0.600. The zero-order chi connectivity index (χ0) is 11.8. The molecule has 0 N–H and O–H groups in total. The summed E-state index contributed by atoms with van der Waals surface area (Å²) in [7, 11) is -3.22. The van der Waals surface area contributed by atoms with Gasteiger partial charge in [0.25, 0.3) is 0 Å². The van der Waals surface area contributed by atoms with Crippen LogP contribution in [0.4, 0.5) is 0 Å². The van der Waals surface area contributed by atoms with Crippen molar-refractivity contribution in [3.8, 4) is 0 Å². The van der Waals surface area contributed by atoms with Gasteiger partial charge in [-0.1, -0.05) is 17.3 Å². The molecule has 5 heteroatoms. The molecule has 1 atom stereocenters. The number of nitroso groups, excluding NO2 is 1. The summed E-state index contributed by atoms with van der Waals surface area (Å²) in [4.78, 5) is 11.0. The molecule has 0 aromatic heterocycles. The molecule has 86 valence electrons. The van der Waals surface area contributed by atoms with E-state index in [0.29, 0.717) is 11.5 Å². The topological polar surface area (TPSA) is 63.6 Å². The van der Waals surface area contributed by atoms with E-state index in [1.165, 1.54) is 6.07 Å². The third kappa shape index (κ3) is 2.29. The van der Waals surface area contributed by atoms with Crippen molar-refractivity contribution in [1.29, 1.82) is 0 Å². The Morgan fingerprint density at radius 2 is 2.06 bits per heavy atom. The SMILES string of the molecule is CS(=O)(=O)c1cccc(C(N=O)C2CC2)c1. The second-order valence-corrected chi connectivity index (χ2v) is 6.25. The van der Waals surface area contributed by atoms with Crippen LogP contribution in [0.15, 0.2) is 34.3 Å². The first kappa shape index (κ1) is 11.3. The van der Waals surface area contributed by atoms with Crippen LogP contribution in [0.25, 0.3) is 0 Å². The number of hydrogen-bond donors (Lipinski definition) is 0. The fraction of sp³-hybridized carbons (Fsp3) is 0.455. The molecular formula is C11H13NO3S. The van der Waals surface area contributed by atoms with Crippen molar-refractivity contribution >= 4 is 9.84 Å². The lowest BCUT2D eigenvalue weighted by Crippen LogP contribution is -2.01. The van der Waals surface area contributed by atoms with Crippen LogP contribution < -0.4 is 0 Å². The van der Waals surface area contributed by atoms with Crippen LogP contribution >= 0.6 is 0 Å². The van der Waals surface area contributed by atoms with E-state index < -0.39 is 9.84 Å². The minimum atomic E-state index is -3.22. The van der Waals surface area contributed by atoms with Crippen LogP contribution in [-0.4, -0.2) is 14.7 Å². The molecular weight excluding hydrogens is 226 g/mol. The highest BCUT2D eigenvalue weighted by Gasteiger charge is 2.33. The Morgan fingerprint density at radius 3 is 2.56 bits per heavy atom. The highest BCUT2D eigenvalue weighted by Crippen LogP contribution is 2.43. The van der Waals surface area contributed by atoms with Crippen molar-refractivity contribution < 1.29 is 8.42 Å². The molecule has 0 heterocycles. The fourth-order valence-electron chi connectivity index (χ4n) is 1.76. The molecule has 2 rings (SSSR count). The second-order valence-electron chi connectivity index (χ2n) is 4.23. The van der Waals surface area contributed by atoms with E-state index in [0.717, 1.165) is 19.1 Å². The van der Waals surface area contributed by atoms with Gasteiger partial charge < -0.3 is 0 Å². The van der Waals surface area contributed by atoms with Gasteiger partial charge in [-0.15, -0.1) is 0 Å². The van der Waals surface area contributed by atoms with Gasteiger partial charge in [0, 0.05) is 6.26 Å². The first-order chi connectivity index (χ1) is 7.52.